The van der Waals surface area contributed by atoms with Gasteiger partial charge in [0.25, 0.3) is 0 Å². The molecule has 3 atom stereocenters. The second kappa shape index (κ2) is 7.67. The minimum atomic E-state index is -0.333. The van der Waals surface area contributed by atoms with E-state index in [0.29, 0.717) is 30.1 Å². The van der Waals surface area contributed by atoms with Gasteiger partial charge in [-0.05, 0) is 61.2 Å². The molecule has 7 heteroatoms. The lowest BCUT2D eigenvalue weighted by Gasteiger charge is -2.33. The van der Waals surface area contributed by atoms with Crippen molar-refractivity contribution in [1.82, 2.24) is 24.8 Å². The van der Waals surface area contributed by atoms with Crippen LogP contribution >= 0.6 is 0 Å². The van der Waals surface area contributed by atoms with Crippen molar-refractivity contribution in [3.05, 3.63) is 78.4 Å². The van der Waals surface area contributed by atoms with E-state index in [1.54, 1.807) is 24.7 Å². The van der Waals surface area contributed by atoms with Crippen LogP contribution in [0.1, 0.15) is 36.4 Å². The van der Waals surface area contributed by atoms with Gasteiger partial charge in [0, 0.05) is 49.8 Å². The van der Waals surface area contributed by atoms with Gasteiger partial charge in [0.2, 0.25) is 5.91 Å². The SMILES string of the molecule is O=C1N(Cc2cccnc2)C[C@@H]2C[C@@H](c3ccc(Oc4ncccn4)cc3)N3CCC[C@@]123. The zero-order valence-electron chi connectivity index (χ0n) is 17.8. The molecule has 5 heterocycles. The minimum Gasteiger partial charge on any atom is -0.424 e. The topological polar surface area (TPSA) is 71.5 Å². The Kier molecular flexibility index (Phi) is 4.64. The van der Waals surface area contributed by atoms with Gasteiger partial charge in [0.05, 0.1) is 0 Å². The van der Waals surface area contributed by atoms with E-state index in [1.807, 2.05) is 35.4 Å². The van der Waals surface area contributed by atoms with Gasteiger partial charge in [-0.15, -0.1) is 0 Å². The molecule has 0 saturated carbocycles. The van der Waals surface area contributed by atoms with E-state index in [9.17, 15) is 4.79 Å². The van der Waals surface area contributed by atoms with Crippen molar-refractivity contribution in [1.29, 1.82) is 0 Å². The Bertz CT molecular complexity index is 1110. The molecule has 162 valence electrons. The maximum atomic E-state index is 13.7. The smallest absolute Gasteiger partial charge is 0.321 e. The van der Waals surface area contributed by atoms with E-state index in [0.717, 1.165) is 37.9 Å². The summed E-state index contributed by atoms with van der Waals surface area (Å²) in [5.74, 6) is 1.38. The standard InChI is InChI=1S/C25H25N5O2/c31-23-25-9-2-13-30(25)22(14-20(25)17-29(23)16-18-4-1-10-26-15-18)19-5-7-21(8-6-19)32-24-27-11-3-12-28-24/h1,3-8,10-12,15,20,22H,2,9,13-14,16-17H2/t20-,22-,25-/m0/s1. The molecule has 1 aromatic carbocycles. The maximum absolute atomic E-state index is 13.7. The van der Waals surface area contributed by atoms with Crippen LogP contribution in [0.2, 0.25) is 0 Å². The number of ether oxygens (including phenoxy) is 1. The largest absolute Gasteiger partial charge is 0.424 e. The molecule has 3 aliphatic heterocycles. The number of carbonyl (C=O) groups excluding carboxylic acids is 1. The van der Waals surface area contributed by atoms with Crippen LogP contribution in [0.15, 0.2) is 67.3 Å². The quantitative estimate of drug-likeness (QED) is 0.620. The number of rotatable bonds is 5. The normalized spacial score (nSPS) is 26.9. The van der Waals surface area contributed by atoms with Crippen molar-refractivity contribution >= 4 is 5.91 Å². The average molecular weight is 428 g/mol. The number of amides is 1. The van der Waals surface area contributed by atoms with Gasteiger partial charge >= 0.3 is 6.01 Å². The van der Waals surface area contributed by atoms with E-state index < -0.39 is 0 Å². The van der Waals surface area contributed by atoms with Crippen molar-refractivity contribution in [2.24, 2.45) is 5.92 Å². The fourth-order valence-corrected chi connectivity index (χ4v) is 5.94. The Morgan fingerprint density at radius 2 is 1.91 bits per heavy atom. The van der Waals surface area contributed by atoms with Crippen LogP contribution in [-0.4, -0.2) is 49.3 Å². The van der Waals surface area contributed by atoms with Crippen LogP contribution < -0.4 is 4.74 Å². The molecule has 32 heavy (non-hydrogen) atoms. The highest BCUT2D eigenvalue weighted by Gasteiger charge is 2.65. The van der Waals surface area contributed by atoms with Gasteiger partial charge in [0.1, 0.15) is 11.3 Å². The summed E-state index contributed by atoms with van der Waals surface area (Å²) in [6.07, 6.45) is 10.0. The van der Waals surface area contributed by atoms with Gasteiger partial charge in [-0.25, -0.2) is 9.97 Å². The summed E-state index contributed by atoms with van der Waals surface area (Å²) >= 11 is 0. The fourth-order valence-electron chi connectivity index (χ4n) is 5.94. The van der Waals surface area contributed by atoms with Crippen molar-refractivity contribution in [2.45, 2.75) is 37.4 Å². The Morgan fingerprint density at radius 3 is 2.69 bits per heavy atom. The number of likely N-dealkylation sites (tertiary alicyclic amines) is 1. The predicted molar refractivity (Wildman–Crippen MR) is 118 cm³/mol. The van der Waals surface area contributed by atoms with Gasteiger partial charge in [-0.2, -0.15) is 0 Å². The zero-order chi connectivity index (χ0) is 21.5. The highest BCUT2D eigenvalue weighted by atomic mass is 16.5. The van der Waals surface area contributed by atoms with E-state index in [1.165, 1.54) is 5.56 Å². The maximum Gasteiger partial charge on any atom is 0.321 e. The van der Waals surface area contributed by atoms with Crippen molar-refractivity contribution in [3.63, 3.8) is 0 Å². The molecule has 0 N–H and O–H groups in total. The van der Waals surface area contributed by atoms with Crippen LogP contribution in [0.3, 0.4) is 0 Å². The van der Waals surface area contributed by atoms with E-state index >= 15 is 0 Å². The van der Waals surface area contributed by atoms with Crippen molar-refractivity contribution in [2.75, 3.05) is 13.1 Å². The number of nitrogens with zero attached hydrogens (tertiary/aromatic N) is 5. The summed E-state index contributed by atoms with van der Waals surface area (Å²) in [7, 11) is 0. The average Bonchev–Trinajstić information content (AvgIpc) is 3.46. The molecule has 3 aromatic rings. The number of aromatic nitrogens is 3. The minimum absolute atomic E-state index is 0.272. The van der Waals surface area contributed by atoms with Crippen molar-refractivity contribution < 1.29 is 9.53 Å². The van der Waals surface area contributed by atoms with Gasteiger partial charge < -0.3 is 9.64 Å². The first-order chi connectivity index (χ1) is 15.7. The van der Waals surface area contributed by atoms with E-state index in [2.05, 4.69) is 32.0 Å². The van der Waals surface area contributed by atoms with Crippen LogP contribution in [0.5, 0.6) is 11.8 Å². The lowest BCUT2D eigenvalue weighted by atomic mass is 9.85. The zero-order valence-corrected chi connectivity index (χ0v) is 17.8. The summed E-state index contributed by atoms with van der Waals surface area (Å²) in [5.41, 5.74) is 2.00. The molecule has 1 amide bonds. The summed E-state index contributed by atoms with van der Waals surface area (Å²) in [6, 6.07) is 14.5. The van der Waals surface area contributed by atoms with Crippen LogP contribution in [-0.2, 0) is 11.3 Å². The van der Waals surface area contributed by atoms with Crippen LogP contribution in [0, 0.1) is 5.92 Å². The molecule has 1 spiro atoms. The van der Waals surface area contributed by atoms with E-state index in [-0.39, 0.29) is 11.6 Å². The number of carbonyl (C=O) groups is 1. The van der Waals surface area contributed by atoms with E-state index in [4.69, 9.17) is 4.74 Å². The summed E-state index contributed by atoms with van der Waals surface area (Å²) in [6.45, 7) is 2.45. The van der Waals surface area contributed by atoms with Gasteiger partial charge in [-0.1, -0.05) is 18.2 Å². The second-order valence-electron chi connectivity index (χ2n) is 8.92. The summed E-state index contributed by atoms with van der Waals surface area (Å²) in [4.78, 5) is 30.6. The Balaban J connectivity index is 1.21. The first-order valence-electron chi connectivity index (χ1n) is 11.2. The third-order valence-electron chi connectivity index (χ3n) is 7.24. The fraction of sp³-hybridized carbons (Fsp3) is 0.360. The molecular formula is C25H25N5O2. The van der Waals surface area contributed by atoms with Crippen molar-refractivity contribution in [3.8, 4) is 11.8 Å². The third-order valence-corrected chi connectivity index (χ3v) is 7.24. The molecule has 0 radical (unpaired) electrons. The Morgan fingerprint density at radius 1 is 1.06 bits per heavy atom. The first-order valence-corrected chi connectivity index (χ1v) is 11.2. The molecule has 0 unspecified atom stereocenters. The molecule has 3 aliphatic rings. The lowest BCUT2D eigenvalue weighted by molar-refractivity contribution is -0.137. The molecule has 2 aromatic heterocycles. The molecule has 6 rings (SSSR count). The number of benzene rings is 1. The second-order valence-corrected chi connectivity index (χ2v) is 8.92. The van der Waals surface area contributed by atoms with Crippen LogP contribution in [0.25, 0.3) is 0 Å². The molecular weight excluding hydrogens is 402 g/mol. The third kappa shape index (κ3) is 3.07. The molecule has 3 saturated heterocycles. The highest BCUT2D eigenvalue weighted by Crippen LogP contribution is 2.56. The van der Waals surface area contributed by atoms with Gasteiger partial charge in [-0.3, -0.25) is 14.7 Å². The molecule has 0 bridgehead atoms. The monoisotopic (exact) mass is 427 g/mol. The molecule has 0 aliphatic carbocycles. The molecule has 7 nitrogen and oxygen atoms in total. The summed E-state index contributed by atoms with van der Waals surface area (Å²) < 4.78 is 5.74. The predicted octanol–water partition coefficient (Wildman–Crippen LogP) is 3.60. The number of pyridine rings is 1. The summed E-state index contributed by atoms with van der Waals surface area (Å²) in [5, 5.41) is 0. The molecule has 3 fully saturated rings. The Labute approximate surface area is 187 Å². The number of hydrogen-bond acceptors (Lipinski definition) is 6. The van der Waals surface area contributed by atoms with Crippen LogP contribution in [0.4, 0.5) is 0 Å². The first kappa shape index (κ1) is 19.4. The highest BCUT2D eigenvalue weighted by molar-refractivity contribution is 5.90. The number of hydrogen-bond donors (Lipinski definition) is 0. The lowest BCUT2D eigenvalue weighted by Crippen LogP contribution is -2.49. The van der Waals surface area contributed by atoms with Gasteiger partial charge in [0.15, 0.2) is 0 Å². The Hall–Kier alpha value is -3.32.